The average molecular weight is 357 g/mol. The molecule has 2 aliphatic heterocycles. The van der Waals surface area contributed by atoms with Gasteiger partial charge in [0.2, 0.25) is 5.91 Å². The minimum absolute atomic E-state index is 0.0763. The molecule has 1 saturated carbocycles. The third-order valence-electron chi connectivity index (χ3n) is 6.33. The standard InChI is InChI=1S/C20H27N3O3/c24-18(22-15-5-1-2-6-15)16-13-23(14-20(16)8-11-26-12-9-20)19(25)17-7-3-4-10-21-17/h3-4,7,10,15-16H,1-2,5-6,8-9,11-14H2,(H,22,24). The van der Waals surface area contributed by atoms with E-state index in [0.717, 1.165) is 25.7 Å². The second-order valence-corrected chi connectivity index (χ2v) is 7.92. The number of nitrogens with one attached hydrogen (secondary N) is 1. The van der Waals surface area contributed by atoms with Crippen LogP contribution in [0.25, 0.3) is 0 Å². The van der Waals surface area contributed by atoms with Crippen molar-refractivity contribution in [2.45, 2.75) is 44.6 Å². The van der Waals surface area contributed by atoms with Crippen molar-refractivity contribution in [3.63, 3.8) is 0 Å². The Morgan fingerprint density at radius 2 is 1.96 bits per heavy atom. The van der Waals surface area contributed by atoms with Crippen molar-refractivity contribution in [3.8, 4) is 0 Å². The lowest BCUT2D eigenvalue weighted by Crippen LogP contribution is -2.46. The van der Waals surface area contributed by atoms with Crippen LogP contribution < -0.4 is 5.32 Å². The highest BCUT2D eigenvalue weighted by Gasteiger charge is 2.52. The fourth-order valence-corrected chi connectivity index (χ4v) is 4.79. The number of nitrogens with zero attached hydrogens (tertiary/aromatic N) is 2. The molecule has 140 valence electrons. The summed E-state index contributed by atoms with van der Waals surface area (Å²) < 4.78 is 5.55. The highest BCUT2D eigenvalue weighted by Crippen LogP contribution is 2.45. The van der Waals surface area contributed by atoms with E-state index < -0.39 is 0 Å². The molecule has 1 N–H and O–H groups in total. The zero-order chi connectivity index (χ0) is 18.0. The van der Waals surface area contributed by atoms with E-state index in [-0.39, 0.29) is 23.1 Å². The van der Waals surface area contributed by atoms with E-state index in [2.05, 4.69) is 10.3 Å². The molecule has 26 heavy (non-hydrogen) atoms. The normalized spacial score (nSPS) is 25.5. The second-order valence-electron chi connectivity index (χ2n) is 7.92. The molecule has 4 rings (SSSR count). The third-order valence-corrected chi connectivity index (χ3v) is 6.33. The highest BCUT2D eigenvalue weighted by atomic mass is 16.5. The number of carbonyl (C=O) groups excluding carboxylic acids is 2. The van der Waals surface area contributed by atoms with Gasteiger partial charge in [-0.25, -0.2) is 0 Å². The lowest BCUT2D eigenvalue weighted by Gasteiger charge is -2.37. The lowest BCUT2D eigenvalue weighted by molar-refractivity contribution is -0.130. The van der Waals surface area contributed by atoms with Crippen LogP contribution in [0.2, 0.25) is 0 Å². The molecular formula is C20H27N3O3. The Labute approximate surface area is 154 Å². The Morgan fingerprint density at radius 3 is 2.65 bits per heavy atom. The highest BCUT2D eigenvalue weighted by molar-refractivity contribution is 5.93. The molecule has 3 heterocycles. The first-order chi connectivity index (χ1) is 12.7. The van der Waals surface area contributed by atoms with Gasteiger partial charge in [0.1, 0.15) is 5.69 Å². The number of carbonyl (C=O) groups is 2. The van der Waals surface area contributed by atoms with Crippen molar-refractivity contribution in [3.05, 3.63) is 30.1 Å². The minimum atomic E-state index is -0.161. The topological polar surface area (TPSA) is 71.5 Å². The average Bonchev–Trinajstić information content (AvgIpc) is 3.31. The summed E-state index contributed by atoms with van der Waals surface area (Å²) in [5, 5.41) is 3.26. The summed E-state index contributed by atoms with van der Waals surface area (Å²) in [5.74, 6) is -0.109. The summed E-state index contributed by atoms with van der Waals surface area (Å²) in [5.41, 5.74) is 0.289. The quantitative estimate of drug-likeness (QED) is 0.898. The summed E-state index contributed by atoms with van der Waals surface area (Å²) >= 11 is 0. The van der Waals surface area contributed by atoms with Gasteiger partial charge in [-0.1, -0.05) is 18.9 Å². The molecule has 6 heteroatoms. The lowest BCUT2D eigenvalue weighted by atomic mass is 9.71. The Balaban J connectivity index is 1.52. The molecular weight excluding hydrogens is 330 g/mol. The van der Waals surface area contributed by atoms with Crippen LogP contribution in [0.1, 0.15) is 49.0 Å². The maximum absolute atomic E-state index is 13.1. The molecule has 3 aliphatic rings. The first kappa shape index (κ1) is 17.5. The van der Waals surface area contributed by atoms with Crippen LogP contribution in [0.15, 0.2) is 24.4 Å². The first-order valence-corrected chi connectivity index (χ1v) is 9.76. The number of hydrogen-bond acceptors (Lipinski definition) is 4. The van der Waals surface area contributed by atoms with Crippen LogP contribution in [0, 0.1) is 11.3 Å². The van der Waals surface area contributed by atoms with E-state index >= 15 is 0 Å². The molecule has 2 amide bonds. The van der Waals surface area contributed by atoms with E-state index in [0.29, 0.717) is 38.0 Å². The van der Waals surface area contributed by atoms with Gasteiger partial charge >= 0.3 is 0 Å². The number of pyridine rings is 1. The van der Waals surface area contributed by atoms with Crippen LogP contribution in [0.5, 0.6) is 0 Å². The van der Waals surface area contributed by atoms with Crippen molar-refractivity contribution >= 4 is 11.8 Å². The molecule has 1 atom stereocenters. The molecule has 0 aromatic carbocycles. The monoisotopic (exact) mass is 357 g/mol. The predicted octanol–water partition coefficient (Wildman–Crippen LogP) is 2.01. The number of hydrogen-bond donors (Lipinski definition) is 1. The number of likely N-dealkylation sites (tertiary alicyclic amines) is 1. The molecule has 0 bridgehead atoms. The molecule has 1 spiro atoms. The smallest absolute Gasteiger partial charge is 0.272 e. The molecule has 1 unspecified atom stereocenters. The molecule has 0 radical (unpaired) electrons. The minimum Gasteiger partial charge on any atom is -0.381 e. The molecule has 3 fully saturated rings. The maximum atomic E-state index is 13.1. The van der Waals surface area contributed by atoms with E-state index in [9.17, 15) is 9.59 Å². The Bertz CT molecular complexity index is 652. The number of aromatic nitrogens is 1. The summed E-state index contributed by atoms with van der Waals surface area (Å²) in [6.07, 6.45) is 7.84. The summed E-state index contributed by atoms with van der Waals surface area (Å²) in [6, 6.07) is 5.67. The van der Waals surface area contributed by atoms with Gasteiger partial charge in [-0.2, -0.15) is 0 Å². The Kier molecular flexibility index (Phi) is 4.94. The Morgan fingerprint density at radius 1 is 1.19 bits per heavy atom. The van der Waals surface area contributed by atoms with E-state index in [4.69, 9.17) is 4.74 Å². The van der Waals surface area contributed by atoms with E-state index in [1.807, 2.05) is 11.0 Å². The molecule has 2 saturated heterocycles. The van der Waals surface area contributed by atoms with Crippen molar-refractivity contribution < 1.29 is 14.3 Å². The van der Waals surface area contributed by atoms with Crippen LogP contribution in [-0.2, 0) is 9.53 Å². The number of ether oxygens (including phenoxy) is 1. The van der Waals surface area contributed by atoms with Gasteiger partial charge in [0, 0.05) is 44.0 Å². The van der Waals surface area contributed by atoms with Gasteiger partial charge in [0.15, 0.2) is 0 Å². The van der Waals surface area contributed by atoms with Gasteiger partial charge in [0.25, 0.3) is 5.91 Å². The zero-order valence-corrected chi connectivity index (χ0v) is 15.2. The SMILES string of the molecule is O=C(NC1CCCC1)C1CN(C(=O)c2ccccn2)CC12CCOCC2. The summed E-state index contributed by atoms with van der Waals surface area (Å²) in [7, 11) is 0. The van der Waals surface area contributed by atoms with Gasteiger partial charge in [0.05, 0.1) is 5.92 Å². The fourth-order valence-electron chi connectivity index (χ4n) is 4.79. The van der Waals surface area contributed by atoms with Gasteiger partial charge in [-0.05, 0) is 37.8 Å². The van der Waals surface area contributed by atoms with Crippen LogP contribution in [0.3, 0.4) is 0 Å². The van der Waals surface area contributed by atoms with E-state index in [1.54, 1.807) is 18.3 Å². The maximum Gasteiger partial charge on any atom is 0.272 e. The largest absolute Gasteiger partial charge is 0.381 e. The predicted molar refractivity (Wildman–Crippen MR) is 96.5 cm³/mol. The number of rotatable bonds is 3. The van der Waals surface area contributed by atoms with Crippen molar-refractivity contribution in [2.75, 3.05) is 26.3 Å². The van der Waals surface area contributed by atoms with Gasteiger partial charge < -0.3 is 15.0 Å². The third kappa shape index (κ3) is 3.34. The van der Waals surface area contributed by atoms with Gasteiger partial charge in [-0.3, -0.25) is 14.6 Å². The zero-order valence-electron chi connectivity index (χ0n) is 15.2. The summed E-state index contributed by atoms with van der Waals surface area (Å²) in [4.78, 5) is 32.0. The summed E-state index contributed by atoms with van der Waals surface area (Å²) in [6.45, 7) is 2.43. The second kappa shape index (κ2) is 7.35. The van der Waals surface area contributed by atoms with Crippen molar-refractivity contribution in [2.24, 2.45) is 11.3 Å². The van der Waals surface area contributed by atoms with E-state index in [1.165, 1.54) is 12.8 Å². The molecule has 1 aliphatic carbocycles. The van der Waals surface area contributed by atoms with Crippen molar-refractivity contribution in [1.82, 2.24) is 15.2 Å². The Hall–Kier alpha value is -1.95. The molecule has 1 aromatic heterocycles. The van der Waals surface area contributed by atoms with Crippen LogP contribution in [0.4, 0.5) is 0 Å². The first-order valence-electron chi connectivity index (χ1n) is 9.76. The number of amides is 2. The molecule has 1 aromatic rings. The molecule has 6 nitrogen and oxygen atoms in total. The van der Waals surface area contributed by atoms with Crippen molar-refractivity contribution in [1.29, 1.82) is 0 Å². The van der Waals surface area contributed by atoms with Crippen LogP contribution in [-0.4, -0.2) is 54.0 Å². The van der Waals surface area contributed by atoms with Crippen LogP contribution >= 0.6 is 0 Å². The fraction of sp³-hybridized carbons (Fsp3) is 0.650. The van der Waals surface area contributed by atoms with Gasteiger partial charge in [-0.15, -0.1) is 0 Å².